The lowest BCUT2D eigenvalue weighted by Gasteiger charge is -2.16. The van der Waals surface area contributed by atoms with Crippen molar-refractivity contribution in [1.29, 1.82) is 0 Å². The van der Waals surface area contributed by atoms with E-state index in [0.29, 0.717) is 6.04 Å². The maximum absolute atomic E-state index is 5.90. The van der Waals surface area contributed by atoms with Crippen LogP contribution in [0.3, 0.4) is 0 Å². The maximum Gasteiger partial charge on any atom is 0.136 e. The van der Waals surface area contributed by atoms with Crippen molar-refractivity contribution >= 4 is 21.7 Å². The third kappa shape index (κ3) is 2.50. The van der Waals surface area contributed by atoms with Gasteiger partial charge in [-0.2, -0.15) is 5.10 Å². The van der Waals surface area contributed by atoms with Gasteiger partial charge in [0.1, 0.15) is 5.82 Å². The summed E-state index contributed by atoms with van der Waals surface area (Å²) >= 11 is 3.37. The number of rotatable bonds is 5. The van der Waals surface area contributed by atoms with Gasteiger partial charge in [-0.1, -0.05) is 26.7 Å². The van der Waals surface area contributed by atoms with Crippen LogP contribution >= 0.6 is 15.9 Å². The predicted octanol–water partition coefficient (Wildman–Crippen LogP) is 3.37. The molecule has 0 aromatic carbocycles. The first-order valence-electron chi connectivity index (χ1n) is 5.19. The van der Waals surface area contributed by atoms with E-state index >= 15 is 0 Å². The fraction of sp³-hybridized carbons (Fsp3) is 0.700. The molecular weight excluding hydrogens is 242 g/mol. The van der Waals surface area contributed by atoms with Gasteiger partial charge < -0.3 is 5.73 Å². The van der Waals surface area contributed by atoms with Crippen LogP contribution in [0.25, 0.3) is 0 Å². The van der Waals surface area contributed by atoms with Crippen molar-refractivity contribution in [2.45, 2.75) is 45.6 Å². The van der Waals surface area contributed by atoms with Crippen LogP contribution in [0.2, 0.25) is 0 Å². The Morgan fingerprint density at radius 2 is 2.29 bits per heavy atom. The summed E-state index contributed by atoms with van der Waals surface area (Å²) in [5.41, 5.74) is 5.90. The van der Waals surface area contributed by atoms with E-state index in [1.807, 2.05) is 4.68 Å². The van der Waals surface area contributed by atoms with Gasteiger partial charge in [0.05, 0.1) is 16.7 Å². The van der Waals surface area contributed by atoms with Crippen molar-refractivity contribution in [3.05, 3.63) is 10.7 Å². The van der Waals surface area contributed by atoms with Crippen LogP contribution < -0.4 is 5.73 Å². The molecule has 14 heavy (non-hydrogen) atoms. The monoisotopic (exact) mass is 259 g/mol. The molecule has 2 N–H and O–H groups in total. The molecule has 0 radical (unpaired) electrons. The fourth-order valence-corrected chi connectivity index (χ4v) is 1.85. The van der Waals surface area contributed by atoms with E-state index in [4.69, 9.17) is 5.73 Å². The summed E-state index contributed by atoms with van der Waals surface area (Å²) in [4.78, 5) is 0. The molecule has 0 saturated heterocycles. The summed E-state index contributed by atoms with van der Waals surface area (Å²) in [5.74, 6) is 0.743. The van der Waals surface area contributed by atoms with Crippen LogP contribution in [-0.2, 0) is 0 Å². The first-order valence-corrected chi connectivity index (χ1v) is 5.98. The number of halogens is 1. The highest BCUT2D eigenvalue weighted by atomic mass is 79.9. The maximum atomic E-state index is 5.90. The smallest absolute Gasteiger partial charge is 0.136 e. The second-order valence-corrected chi connectivity index (χ2v) is 4.38. The summed E-state index contributed by atoms with van der Waals surface area (Å²) in [6.07, 6.45) is 6.46. The third-order valence-corrected chi connectivity index (χ3v) is 3.11. The van der Waals surface area contributed by atoms with Crippen molar-refractivity contribution in [1.82, 2.24) is 9.78 Å². The lowest BCUT2D eigenvalue weighted by Crippen LogP contribution is -2.12. The largest absolute Gasteiger partial charge is 0.383 e. The Bertz CT molecular complexity index is 283. The van der Waals surface area contributed by atoms with E-state index < -0.39 is 0 Å². The topological polar surface area (TPSA) is 43.8 Å². The summed E-state index contributed by atoms with van der Waals surface area (Å²) < 4.78 is 2.83. The lowest BCUT2D eigenvalue weighted by atomic mass is 10.1. The van der Waals surface area contributed by atoms with Gasteiger partial charge in [0, 0.05) is 0 Å². The number of hydrogen-bond donors (Lipinski definition) is 1. The van der Waals surface area contributed by atoms with Gasteiger partial charge in [0.25, 0.3) is 0 Å². The number of aromatic nitrogens is 2. The van der Waals surface area contributed by atoms with Gasteiger partial charge in [-0.15, -0.1) is 0 Å². The van der Waals surface area contributed by atoms with Crippen molar-refractivity contribution < 1.29 is 0 Å². The van der Waals surface area contributed by atoms with Crippen LogP contribution in [-0.4, -0.2) is 9.78 Å². The predicted molar refractivity (Wildman–Crippen MR) is 63.2 cm³/mol. The highest BCUT2D eigenvalue weighted by molar-refractivity contribution is 9.10. The van der Waals surface area contributed by atoms with Gasteiger partial charge >= 0.3 is 0 Å². The van der Waals surface area contributed by atoms with Gasteiger partial charge in [-0.3, -0.25) is 0 Å². The van der Waals surface area contributed by atoms with Crippen LogP contribution in [0.1, 0.15) is 45.6 Å². The highest BCUT2D eigenvalue weighted by Gasteiger charge is 2.13. The Morgan fingerprint density at radius 1 is 1.57 bits per heavy atom. The number of nitrogens with two attached hydrogens (primary N) is 1. The van der Waals surface area contributed by atoms with Gasteiger partial charge in [-0.25, -0.2) is 4.68 Å². The number of nitrogen functional groups attached to an aromatic ring is 1. The summed E-state index contributed by atoms with van der Waals surface area (Å²) in [5, 5.41) is 4.28. The minimum atomic E-state index is 0.446. The van der Waals surface area contributed by atoms with E-state index in [0.717, 1.165) is 23.1 Å². The Balaban J connectivity index is 2.73. The molecule has 80 valence electrons. The van der Waals surface area contributed by atoms with Crippen LogP contribution in [0.4, 0.5) is 5.82 Å². The van der Waals surface area contributed by atoms with E-state index in [1.54, 1.807) is 6.20 Å². The SMILES string of the molecule is CCCCC(CC)n1ncc(Br)c1N. The highest BCUT2D eigenvalue weighted by Crippen LogP contribution is 2.26. The first kappa shape index (κ1) is 11.6. The molecule has 0 spiro atoms. The molecular formula is C10H18BrN3. The van der Waals surface area contributed by atoms with Crippen LogP contribution in [0.15, 0.2) is 10.7 Å². The van der Waals surface area contributed by atoms with E-state index in [9.17, 15) is 0 Å². The number of unbranched alkanes of at least 4 members (excludes halogenated alkanes) is 1. The molecule has 0 amide bonds. The van der Waals surface area contributed by atoms with Gasteiger partial charge in [0.2, 0.25) is 0 Å². The molecule has 1 unspecified atom stereocenters. The quantitative estimate of drug-likeness (QED) is 0.882. The van der Waals surface area contributed by atoms with Crippen molar-refractivity contribution in [2.75, 3.05) is 5.73 Å². The molecule has 0 saturated carbocycles. The van der Waals surface area contributed by atoms with E-state index in [2.05, 4.69) is 34.9 Å². The van der Waals surface area contributed by atoms with Gasteiger partial charge in [0.15, 0.2) is 0 Å². The number of nitrogens with zero attached hydrogens (tertiary/aromatic N) is 2. The molecule has 1 aromatic rings. The van der Waals surface area contributed by atoms with E-state index in [1.165, 1.54) is 12.8 Å². The molecule has 0 aliphatic carbocycles. The first-order chi connectivity index (χ1) is 6.70. The Hall–Kier alpha value is -0.510. The van der Waals surface area contributed by atoms with Crippen molar-refractivity contribution in [3.63, 3.8) is 0 Å². The zero-order valence-electron chi connectivity index (χ0n) is 8.83. The Kier molecular flexibility index (Phi) is 4.45. The molecule has 1 heterocycles. The lowest BCUT2D eigenvalue weighted by molar-refractivity contribution is 0.406. The summed E-state index contributed by atoms with van der Waals surface area (Å²) in [6.45, 7) is 4.38. The minimum absolute atomic E-state index is 0.446. The zero-order valence-corrected chi connectivity index (χ0v) is 10.4. The normalized spacial score (nSPS) is 13.1. The Morgan fingerprint density at radius 3 is 2.71 bits per heavy atom. The molecule has 1 rings (SSSR count). The standard InChI is InChI=1S/C10H18BrN3/c1-3-5-6-8(4-2)14-10(12)9(11)7-13-14/h7-8H,3-6,12H2,1-2H3. The summed E-state index contributed by atoms with van der Waals surface area (Å²) in [6, 6.07) is 0.446. The van der Waals surface area contributed by atoms with Crippen LogP contribution in [0, 0.1) is 0 Å². The third-order valence-electron chi connectivity index (χ3n) is 2.50. The van der Waals surface area contributed by atoms with Crippen molar-refractivity contribution in [3.8, 4) is 0 Å². The molecule has 0 bridgehead atoms. The second kappa shape index (κ2) is 5.39. The average Bonchev–Trinajstić information content (AvgIpc) is 2.51. The zero-order chi connectivity index (χ0) is 10.6. The summed E-state index contributed by atoms with van der Waals surface area (Å²) in [7, 11) is 0. The minimum Gasteiger partial charge on any atom is -0.383 e. The molecule has 4 heteroatoms. The van der Waals surface area contributed by atoms with Gasteiger partial charge in [-0.05, 0) is 28.8 Å². The fourth-order valence-electron chi connectivity index (χ4n) is 1.58. The second-order valence-electron chi connectivity index (χ2n) is 3.53. The van der Waals surface area contributed by atoms with Crippen LogP contribution in [0.5, 0.6) is 0 Å². The molecule has 1 aromatic heterocycles. The average molecular weight is 260 g/mol. The van der Waals surface area contributed by atoms with E-state index in [-0.39, 0.29) is 0 Å². The molecule has 0 fully saturated rings. The molecule has 0 aliphatic rings. The van der Waals surface area contributed by atoms with Crippen molar-refractivity contribution in [2.24, 2.45) is 0 Å². The number of anilines is 1. The Labute approximate surface area is 93.8 Å². The molecule has 3 nitrogen and oxygen atoms in total. The molecule has 1 atom stereocenters. The number of hydrogen-bond acceptors (Lipinski definition) is 2. The molecule has 0 aliphatic heterocycles.